The van der Waals surface area contributed by atoms with Crippen molar-refractivity contribution < 1.29 is 35.4 Å². The van der Waals surface area contributed by atoms with Crippen molar-refractivity contribution in [1.82, 2.24) is 0 Å². The molecule has 3 aromatic rings. The molecule has 3 rings (SSSR count). The molecular weight excluding hydrogens is 753 g/mol. The average Bonchev–Trinajstić information content (AvgIpc) is 2.75. The Hall–Kier alpha value is -0.590. The second-order valence-electron chi connectivity index (χ2n) is 8.68. The van der Waals surface area contributed by atoms with E-state index >= 15 is 0 Å². The lowest BCUT2D eigenvalue weighted by Gasteiger charge is -2.18. The second kappa shape index (κ2) is 12.4. The Kier molecular flexibility index (Phi) is 10.1. The molecule has 0 aliphatic rings. The van der Waals surface area contributed by atoms with E-state index in [1.165, 1.54) is 18.3 Å². The third-order valence-corrected chi connectivity index (χ3v) is 9.58. The summed E-state index contributed by atoms with van der Waals surface area (Å²) in [4.78, 5) is 0. The molecule has 0 saturated heterocycles. The highest BCUT2D eigenvalue weighted by Crippen LogP contribution is 2.30. The first-order valence-corrected chi connectivity index (χ1v) is 15.2. The van der Waals surface area contributed by atoms with Gasteiger partial charge in [0.25, 0.3) is 0 Å². The summed E-state index contributed by atoms with van der Waals surface area (Å²) < 4.78 is 22.5. The highest BCUT2D eigenvalue weighted by molar-refractivity contribution is 14.1. The lowest BCUT2D eigenvalue weighted by molar-refractivity contribution is -0.598. The SMILES string of the molecule is CCOCOc1c(I)cc(I)cc1COc1ccc([I+]c2ccc(C(C)(C)C)cc2)c(C)c1. The maximum atomic E-state index is 6.17. The van der Waals surface area contributed by atoms with E-state index in [9.17, 15) is 0 Å². The highest BCUT2D eigenvalue weighted by Gasteiger charge is 2.21. The summed E-state index contributed by atoms with van der Waals surface area (Å²) in [5, 5.41) is 0. The predicted octanol–water partition coefficient (Wildman–Crippen LogP) is 4.58. The van der Waals surface area contributed by atoms with E-state index < -0.39 is 0 Å². The van der Waals surface area contributed by atoms with Gasteiger partial charge in [-0.1, -0.05) is 32.9 Å². The van der Waals surface area contributed by atoms with Crippen molar-refractivity contribution in [1.29, 1.82) is 0 Å². The zero-order valence-corrected chi connectivity index (χ0v) is 26.1. The summed E-state index contributed by atoms with van der Waals surface area (Å²) in [6.07, 6.45) is 0. The number of hydrogen-bond acceptors (Lipinski definition) is 3. The van der Waals surface area contributed by atoms with Gasteiger partial charge in [0.2, 0.25) is 0 Å². The molecule has 0 N–H and O–H groups in total. The van der Waals surface area contributed by atoms with E-state index in [1.54, 1.807) is 0 Å². The van der Waals surface area contributed by atoms with Crippen LogP contribution in [-0.4, -0.2) is 13.4 Å². The quantitative estimate of drug-likeness (QED) is 0.181. The molecule has 0 amide bonds. The Labute approximate surface area is 235 Å². The molecule has 0 aromatic heterocycles. The lowest BCUT2D eigenvalue weighted by atomic mass is 9.87. The van der Waals surface area contributed by atoms with Crippen LogP contribution < -0.4 is 30.7 Å². The first-order valence-electron chi connectivity index (χ1n) is 10.8. The van der Waals surface area contributed by atoms with Gasteiger partial charge in [0.1, 0.15) is 18.1 Å². The van der Waals surface area contributed by atoms with Gasteiger partial charge in [0, 0.05) is 21.3 Å². The topological polar surface area (TPSA) is 27.7 Å². The third kappa shape index (κ3) is 7.96. The summed E-state index contributed by atoms with van der Waals surface area (Å²) in [5.74, 6) is 1.72. The Morgan fingerprint density at radius 2 is 1.64 bits per heavy atom. The van der Waals surface area contributed by atoms with E-state index in [4.69, 9.17) is 14.2 Å². The van der Waals surface area contributed by atoms with E-state index in [0.29, 0.717) is 13.2 Å². The number of halogens is 3. The summed E-state index contributed by atoms with van der Waals surface area (Å²) in [6, 6.07) is 19.8. The van der Waals surface area contributed by atoms with Crippen LogP contribution in [-0.2, 0) is 16.8 Å². The number of ether oxygens (including phenoxy) is 3. The monoisotopic (exact) mass is 783 g/mol. The standard InChI is InChI=1S/C27H30I3O3/c1-6-31-17-33-26-19(14-21(28)15-24(26)29)16-32-23-11-12-25(18(2)13-23)30-22-9-7-20(8-10-22)27(3,4)5/h7-15H,6,16-17H2,1-5H3/q+1. The van der Waals surface area contributed by atoms with Gasteiger partial charge in [0.15, 0.2) is 13.9 Å². The summed E-state index contributed by atoms with van der Waals surface area (Å²) >= 11 is 4.41. The van der Waals surface area contributed by atoms with Crippen LogP contribution in [0.5, 0.6) is 11.5 Å². The number of benzene rings is 3. The van der Waals surface area contributed by atoms with E-state index in [0.717, 1.165) is 24.2 Å². The van der Waals surface area contributed by atoms with Gasteiger partial charge in [0.05, 0.1) is 3.57 Å². The molecular formula is C27H30I3O3+. The van der Waals surface area contributed by atoms with Gasteiger partial charge in [-0.05, 0) is 112 Å². The highest BCUT2D eigenvalue weighted by atomic mass is 127. The van der Waals surface area contributed by atoms with E-state index in [-0.39, 0.29) is 33.4 Å². The van der Waals surface area contributed by atoms with Crippen LogP contribution in [0.1, 0.15) is 44.4 Å². The fourth-order valence-electron chi connectivity index (χ4n) is 3.17. The molecule has 0 aliphatic heterocycles. The minimum absolute atomic E-state index is 0.189. The fraction of sp³-hybridized carbons (Fsp3) is 0.333. The number of aryl methyl sites for hydroxylation is 1. The molecule has 0 unspecified atom stereocenters. The van der Waals surface area contributed by atoms with Crippen LogP contribution >= 0.6 is 45.2 Å². The first kappa shape index (κ1) is 27.0. The van der Waals surface area contributed by atoms with Crippen molar-refractivity contribution in [3.05, 3.63) is 85.6 Å². The van der Waals surface area contributed by atoms with E-state index in [2.05, 4.69) is 127 Å². The normalized spacial score (nSPS) is 11.5. The Morgan fingerprint density at radius 3 is 2.27 bits per heavy atom. The molecule has 6 heteroatoms. The molecule has 0 atom stereocenters. The van der Waals surface area contributed by atoms with Crippen LogP contribution in [0.25, 0.3) is 0 Å². The molecule has 33 heavy (non-hydrogen) atoms. The molecule has 0 radical (unpaired) electrons. The third-order valence-electron chi connectivity index (χ3n) is 5.02. The van der Waals surface area contributed by atoms with Gasteiger partial charge in [-0.15, -0.1) is 0 Å². The summed E-state index contributed by atoms with van der Waals surface area (Å²) in [5.41, 5.74) is 3.88. The van der Waals surface area contributed by atoms with Crippen molar-refractivity contribution in [3.63, 3.8) is 0 Å². The molecule has 0 saturated carbocycles. The van der Waals surface area contributed by atoms with Crippen molar-refractivity contribution in [2.45, 2.75) is 46.6 Å². The zero-order chi connectivity index (χ0) is 24.0. The smallest absolute Gasteiger partial charge is 0.358 e. The summed E-state index contributed by atoms with van der Waals surface area (Å²) in [6.45, 7) is 12.2. The Bertz CT molecular complexity index is 1070. The van der Waals surface area contributed by atoms with Gasteiger partial charge in [-0.2, -0.15) is 0 Å². The minimum Gasteiger partial charge on any atom is -0.489 e. The van der Waals surface area contributed by atoms with Crippen LogP contribution in [0, 0.1) is 21.2 Å². The maximum Gasteiger partial charge on any atom is 0.358 e. The van der Waals surface area contributed by atoms with Crippen molar-refractivity contribution >= 4 is 45.2 Å². The Balaban J connectivity index is 1.69. The second-order valence-corrected chi connectivity index (χ2v) is 14.0. The Morgan fingerprint density at radius 1 is 0.909 bits per heavy atom. The van der Waals surface area contributed by atoms with Crippen LogP contribution in [0.2, 0.25) is 0 Å². The van der Waals surface area contributed by atoms with Crippen LogP contribution in [0.4, 0.5) is 0 Å². The van der Waals surface area contributed by atoms with Crippen LogP contribution in [0.15, 0.2) is 54.6 Å². The first-order chi connectivity index (χ1) is 15.7. The zero-order valence-electron chi connectivity index (χ0n) is 19.7. The van der Waals surface area contributed by atoms with Gasteiger partial charge >= 0.3 is 21.2 Å². The molecule has 0 bridgehead atoms. The number of rotatable bonds is 9. The fourth-order valence-corrected chi connectivity index (χ4v) is 7.62. The molecule has 0 heterocycles. The molecule has 0 spiro atoms. The van der Waals surface area contributed by atoms with Crippen molar-refractivity contribution in [2.24, 2.45) is 0 Å². The molecule has 3 aromatic carbocycles. The minimum atomic E-state index is -0.224. The molecule has 3 nitrogen and oxygen atoms in total. The molecule has 0 aliphatic carbocycles. The molecule has 0 fully saturated rings. The number of hydrogen-bond donors (Lipinski definition) is 0. The largest absolute Gasteiger partial charge is 0.489 e. The molecule has 176 valence electrons. The van der Waals surface area contributed by atoms with Gasteiger partial charge in [-0.3, -0.25) is 0 Å². The average molecular weight is 783 g/mol. The van der Waals surface area contributed by atoms with Crippen molar-refractivity contribution in [3.8, 4) is 11.5 Å². The van der Waals surface area contributed by atoms with E-state index in [1.807, 2.05) is 6.92 Å². The lowest BCUT2D eigenvalue weighted by Crippen LogP contribution is -3.61. The summed E-state index contributed by atoms with van der Waals surface area (Å²) in [7, 11) is 0. The van der Waals surface area contributed by atoms with Gasteiger partial charge in [-0.25, -0.2) is 0 Å². The van der Waals surface area contributed by atoms with Crippen molar-refractivity contribution in [2.75, 3.05) is 13.4 Å². The predicted molar refractivity (Wildman–Crippen MR) is 147 cm³/mol. The van der Waals surface area contributed by atoms with Crippen LogP contribution in [0.3, 0.4) is 0 Å². The van der Waals surface area contributed by atoms with Gasteiger partial charge < -0.3 is 14.2 Å². The maximum absolute atomic E-state index is 6.17.